The number of amides is 1. The summed E-state index contributed by atoms with van der Waals surface area (Å²) >= 11 is 0. The number of rotatable bonds is 10. The second-order valence-electron chi connectivity index (χ2n) is 9.80. The maximum Gasteiger partial charge on any atom is 0.407 e. The van der Waals surface area contributed by atoms with Crippen molar-refractivity contribution >= 4 is 12.1 Å². The van der Waals surface area contributed by atoms with E-state index in [-0.39, 0.29) is 36.3 Å². The van der Waals surface area contributed by atoms with Crippen molar-refractivity contribution < 1.29 is 46.5 Å². The maximum atomic E-state index is 14.0. The first-order valence-corrected chi connectivity index (χ1v) is 13.1. The Bertz CT molecular complexity index is 1620. The molecule has 222 valence electrons. The summed E-state index contributed by atoms with van der Waals surface area (Å²) in [5.41, 5.74) is 4.68. The van der Waals surface area contributed by atoms with Gasteiger partial charge >= 0.3 is 12.1 Å². The van der Waals surface area contributed by atoms with E-state index in [2.05, 4.69) is 5.32 Å². The van der Waals surface area contributed by atoms with Crippen LogP contribution in [0.25, 0.3) is 11.1 Å². The van der Waals surface area contributed by atoms with Gasteiger partial charge in [-0.25, -0.2) is 18.4 Å². The van der Waals surface area contributed by atoms with Gasteiger partial charge in [0, 0.05) is 24.0 Å². The maximum absolute atomic E-state index is 14.0. The molecule has 0 bridgehead atoms. The zero-order valence-corrected chi connectivity index (χ0v) is 22.7. The molecule has 5 rings (SSSR count). The molecule has 0 saturated heterocycles. The van der Waals surface area contributed by atoms with E-state index in [0.717, 1.165) is 22.3 Å². The summed E-state index contributed by atoms with van der Waals surface area (Å²) in [5.74, 6) is -9.24. The molecule has 1 amide bonds. The molecule has 0 spiro atoms. The van der Waals surface area contributed by atoms with Gasteiger partial charge in [-0.15, -0.1) is 0 Å². The van der Waals surface area contributed by atoms with Crippen LogP contribution < -0.4 is 14.8 Å². The number of carboxylic acid groups (broad SMARTS) is 1. The topological polar surface area (TPSA) is 94.1 Å². The van der Waals surface area contributed by atoms with E-state index in [1.54, 1.807) is 0 Å². The van der Waals surface area contributed by atoms with Crippen LogP contribution in [0.1, 0.15) is 28.2 Å². The Kier molecular flexibility index (Phi) is 8.51. The highest BCUT2D eigenvalue weighted by Crippen LogP contribution is 2.44. The second kappa shape index (κ2) is 12.4. The van der Waals surface area contributed by atoms with Crippen molar-refractivity contribution in [3.05, 3.63) is 118 Å². The summed E-state index contributed by atoms with van der Waals surface area (Å²) in [5, 5.41) is 12.1. The molecule has 43 heavy (non-hydrogen) atoms. The van der Waals surface area contributed by atoms with Crippen molar-refractivity contribution in [3.8, 4) is 22.6 Å². The Hall–Kier alpha value is -5.06. The molecule has 0 saturated carbocycles. The molecule has 0 radical (unpaired) electrons. The molecule has 1 unspecified atom stereocenters. The normalized spacial score (nSPS) is 12.7. The lowest BCUT2D eigenvalue weighted by Gasteiger charge is -2.18. The van der Waals surface area contributed by atoms with Crippen molar-refractivity contribution in [2.45, 2.75) is 25.0 Å². The zero-order valence-electron chi connectivity index (χ0n) is 22.7. The molecule has 11 heteroatoms. The summed E-state index contributed by atoms with van der Waals surface area (Å²) in [6.45, 7) is -0.574. The molecule has 7 nitrogen and oxygen atoms in total. The lowest BCUT2D eigenvalue weighted by molar-refractivity contribution is -0.139. The number of carbonyl (C=O) groups is 2. The number of alkyl carbamates (subject to hydrolysis) is 1. The lowest BCUT2D eigenvalue weighted by atomic mass is 9.98. The molecule has 2 N–H and O–H groups in total. The first-order chi connectivity index (χ1) is 20.7. The molecule has 4 aromatic carbocycles. The van der Waals surface area contributed by atoms with Crippen molar-refractivity contribution in [2.24, 2.45) is 0 Å². The molecule has 1 atom stereocenters. The van der Waals surface area contributed by atoms with Crippen LogP contribution in [-0.2, 0) is 22.6 Å². The van der Waals surface area contributed by atoms with Gasteiger partial charge < -0.3 is 24.6 Å². The van der Waals surface area contributed by atoms with Crippen LogP contribution in [0.4, 0.5) is 22.4 Å². The number of aliphatic carboxylic acids is 1. The average Bonchev–Trinajstić information content (AvgIpc) is 3.32. The monoisotopic (exact) mass is 595 g/mol. The highest BCUT2D eigenvalue weighted by molar-refractivity contribution is 5.81. The number of fused-ring (bicyclic) bond motifs is 3. The summed E-state index contributed by atoms with van der Waals surface area (Å²) in [7, 11) is 1.32. The minimum atomic E-state index is -1.70. The van der Waals surface area contributed by atoms with E-state index in [1.165, 1.54) is 25.3 Å². The van der Waals surface area contributed by atoms with E-state index in [4.69, 9.17) is 14.2 Å². The Balaban J connectivity index is 1.26. The third-order valence-corrected chi connectivity index (χ3v) is 7.16. The fraction of sp³-hybridized carbons (Fsp3) is 0.188. The zero-order chi connectivity index (χ0) is 30.7. The van der Waals surface area contributed by atoms with E-state index in [0.29, 0.717) is 5.56 Å². The molecule has 0 heterocycles. The molecule has 0 aliphatic heterocycles. The number of benzene rings is 4. The van der Waals surface area contributed by atoms with Crippen molar-refractivity contribution in [2.75, 3.05) is 13.7 Å². The highest BCUT2D eigenvalue weighted by atomic mass is 19.2. The van der Waals surface area contributed by atoms with Crippen LogP contribution in [-0.4, -0.2) is 36.9 Å². The summed E-state index contributed by atoms with van der Waals surface area (Å²) in [4.78, 5) is 24.7. The molecular formula is C32H25F4NO6. The Morgan fingerprint density at radius 3 is 2.07 bits per heavy atom. The first-order valence-electron chi connectivity index (χ1n) is 13.1. The van der Waals surface area contributed by atoms with Gasteiger partial charge in [0.15, 0.2) is 17.4 Å². The molecule has 0 aromatic heterocycles. The predicted octanol–water partition coefficient (Wildman–Crippen LogP) is 6.37. The van der Waals surface area contributed by atoms with Gasteiger partial charge in [0.1, 0.15) is 25.0 Å². The van der Waals surface area contributed by atoms with Crippen LogP contribution in [0.2, 0.25) is 0 Å². The average molecular weight is 596 g/mol. The van der Waals surface area contributed by atoms with Crippen molar-refractivity contribution in [3.63, 3.8) is 0 Å². The molecule has 1 aliphatic rings. The number of hydrogen-bond donors (Lipinski definition) is 2. The van der Waals surface area contributed by atoms with E-state index in [1.807, 2.05) is 48.5 Å². The van der Waals surface area contributed by atoms with Crippen LogP contribution in [0.15, 0.2) is 72.8 Å². The minimum Gasteiger partial charge on any atom is -0.496 e. The SMILES string of the molecule is COc1ccc(CC(NC(=O)OCC2c3ccccc3-c3ccccc32)C(=O)O)cc1COc1c(F)c(F)cc(F)c1F. The van der Waals surface area contributed by atoms with Gasteiger partial charge in [0.2, 0.25) is 11.6 Å². The lowest BCUT2D eigenvalue weighted by Crippen LogP contribution is -2.42. The van der Waals surface area contributed by atoms with Gasteiger partial charge in [0.25, 0.3) is 0 Å². The van der Waals surface area contributed by atoms with Crippen molar-refractivity contribution in [1.82, 2.24) is 5.32 Å². The Morgan fingerprint density at radius 1 is 0.884 bits per heavy atom. The largest absolute Gasteiger partial charge is 0.496 e. The molecule has 1 aliphatic carbocycles. The molecule has 0 fully saturated rings. The molecule has 4 aromatic rings. The standard InChI is InChI=1S/C32H25F4NO6/c1-41-27-11-10-17(12-18(27)15-42-30-28(35)24(33)14-25(34)29(30)36)13-26(31(38)39)37-32(40)43-16-23-21-8-4-2-6-19(21)20-7-3-5-9-22(20)23/h2-12,14,23,26H,13,15-16H2,1H3,(H,37,40)(H,38,39). The van der Waals surface area contributed by atoms with Gasteiger partial charge in [-0.2, -0.15) is 8.78 Å². The minimum absolute atomic E-state index is 0.00991. The molecular weight excluding hydrogens is 570 g/mol. The summed E-state index contributed by atoms with van der Waals surface area (Å²) in [6, 6.07) is 18.6. The van der Waals surface area contributed by atoms with Crippen LogP contribution >= 0.6 is 0 Å². The number of halogens is 4. The summed E-state index contributed by atoms with van der Waals surface area (Å²) < 4.78 is 70.9. The van der Waals surface area contributed by atoms with Crippen LogP contribution in [0, 0.1) is 23.3 Å². The fourth-order valence-electron chi connectivity index (χ4n) is 5.12. The van der Waals surface area contributed by atoms with E-state index >= 15 is 0 Å². The van der Waals surface area contributed by atoms with E-state index in [9.17, 15) is 32.3 Å². The first kappa shape index (κ1) is 29.4. The van der Waals surface area contributed by atoms with E-state index < -0.39 is 53.7 Å². The number of carboxylic acids is 1. The van der Waals surface area contributed by atoms with Gasteiger partial charge in [-0.3, -0.25) is 0 Å². The third-order valence-electron chi connectivity index (χ3n) is 7.16. The summed E-state index contributed by atoms with van der Waals surface area (Å²) in [6.07, 6.45) is -1.13. The second-order valence-corrected chi connectivity index (χ2v) is 9.80. The van der Waals surface area contributed by atoms with Gasteiger partial charge in [-0.05, 0) is 39.9 Å². The third kappa shape index (κ3) is 6.11. The number of hydrogen-bond acceptors (Lipinski definition) is 5. The number of nitrogens with one attached hydrogen (secondary N) is 1. The van der Waals surface area contributed by atoms with Crippen molar-refractivity contribution in [1.29, 1.82) is 0 Å². The van der Waals surface area contributed by atoms with Gasteiger partial charge in [-0.1, -0.05) is 54.6 Å². The Labute approximate surface area is 243 Å². The van der Waals surface area contributed by atoms with Gasteiger partial charge in [0.05, 0.1) is 7.11 Å². The Morgan fingerprint density at radius 2 is 1.49 bits per heavy atom. The fourth-order valence-corrected chi connectivity index (χ4v) is 5.12. The smallest absolute Gasteiger partial charge is 0.407 e. The quantitative estimate of drug-likeness (QED) is 0.164. The predicted molar refractivity (Wildman–Crippen MR) is 147 cm³/mol. The highest BCUT2D eigenvalue weighted by Gasteiger charge is 2.30. The van der Waals surface area contributed by atoms with Crippen LogP contribution in [0.3, 0.4) is 0 Å². The number of carbonyl (C=O) groups excluding carboxylic acids is 1. The number of methoxy groups -OCH3 is 1. The number of ether oxygens (including phenoxy) is 3. The van der Waals surface area contributed by atoms with Crippen LogP contribution in [0.5, 0.6) is 11.5 Å².